The molecular weight excluding hydrogens is 338 g/mol. The average molecular weight is 355 g/mol. The summed E-state index contributed by atoms with van der Waals surface area (Å²) in [6.45, 7) is 2.26. The Hall–Kier alpha value is -2.69. The van der Waals surface area contributed by atoms with Crippen LogP contribution < -0.4 is 5.32 Å². The number of piperazine rings is 1. The fraction of sp³-hybridized carbons (Fsp3) is 0.222. The summed E-state index contributed by atoms with van der Waals surface area (Å²) >= 11 is 0. The van der Waals surface area contributed by atoms with Gasteiger partial charge in [-0.05, 0) is 24.6 Å². The Kier molecular flexibility index (Phi) is 4.57. The van der Waals surface area contributed by atoms with Crippen molar-refractivity contribution in [3.05, 3.63) is 65.2 Å². The van der Waals surface area contributed by atoms with Crippen LogP contribution in [0.4, 0.5) is 0 Å². The number of hydrogen-bond donors (Lipinski definition) is 1. The molecule has 1 heterocycles. The normalized spacial score (nSPS) is 18.4. The third-order valence-electron chi connectivity index (χ3n) is 4.12. The van der Waals surface area contributed by atoms with Gasteiger partial charge in [0.15, 0.2) is 0 Å². The molecule has 25 heavy (non-hydrogen) atoms. The molecule has 1 atom stereocenters. The van der Waals surface area contributed by atoms with Gasteiger partial charge in [0, 0.05) is 13.1 Å². The summed E-state index contributed by atoms with van der Waals surface area (Å²) in [4.78, 5) is 12.4. The Morgan fingerprint density at radius 1 is 1.20 bits per heavy atom. The maximum absolute atomic E-state index is 13.2. The third kappa shape index (κ3) is 3.14. The van der Waals surface area contributed by atoms with E-state index in [-0.39, 0.29) is 29.5 Å². The van der Waals surface area contributed by atoms with Gasteiger partial charge in [0.25, 0.3) is 0 Å². The molecule has 1 aliphatic rings. The van der Waals surface area contributed by atoms with Crippen molar-refractivity contribution in [1.82, 2.24) is 9.62 Å². The molecule has 1 unspecified atom stereocenters. The zero-order valence-corrected chi connectivity index (χ0v) is 14.5. The lowest BCUT2D eigenvalue weighted by Crippen LogP contribution is -2.52. The number of nitriles is 1. The van der Waals surface area contributed by atoms with Crippen LogP contribution >= 0.6 is 0 Å². The van der Waals surface area contributed by atoms with Crippen molar-refractivity contribution in [3.63, 3.8) is 0 Å². The number of sulfonamides is 1. The minimum atomic E-state index is -4.00. The van der Waals surface area contributed by atoms with Crippen LogP contribution in [0.25, 0.3) is 0 Å². The van der Waals surface area contributed by atoms with Gasteiger partial charge in [-0.25, -0.2) is 8.42 Å². The molecule has 1 amide bonds. The lowest BCUT2D eigenvalue weighted by molar-refractivity contribution is -0.126. The van der Waals surface area contributed by atoms with Crippen LogP contribution in [-0.2, 0) is 14.8 Å². The molecule has 2 aromatic carbocycles. The van der Waals surface area contributed by atoms with E-state index >= 15 is 0 Å². The highest BCUT2D eigenvalue weighted by Gasteiger charge is 2.40. The Labute approximate surface area is 146 Å². The van der Waals surface area contributed by atoms with Gasteiger partial charge in [0.1, 0.15) is 12.1 Å². The summed E-state index contributed by atoms with van der Waals surface area (Å²) in [6.07, 6.45) is 0. The first kappa shape index (κ1) is 17.1. The lowest BCUT2D eigenvalue weighted by atomic mass is 10.0. The lowest BCUT2D eigenvalue weighted by Gasteiger charge is -2.34. The van der Waals surface area contributed by atoms with Crippen molar-refractivity contribution >= 4 is 15.9 Å². The number of benzene rings is 2. The molecule has 1 N–H and O–H groups in total. The van der Waals surface area contributed by atoms with Crippen LogP contribution in [0.1, 0.15) is 22.7 Å². The van der Waals surface area contributed by atoms with Crippen molar-refractivity contribution in [1.29, 1.82) is 5.26 Å². The topological polar surface area (TPSA) is 90.3 Å². The maximum atomic E-state index is 13.2. The number of carbonyl (C=O) groups excluding carboxylic acids is 1. The molecule has 2 aromatic rings. The summed E-state index contributed by atoms with van der Waals surface area (Å²) in [7, 11) is -4.00. The van der Waals surface area contributed by atoms with Gasteiger partial charge >= 0.3 is 0 Å². The SMILES string of the molecule is Cc1cccc(C2C(=O)NCCN2S(=O)(=O)c2ccccc2C#N)c1. The summed E-state index contributed by atoms with van der Waals surface area (Å²) in [5, 5.41) is 12.0. The minimum Gasteiger partial charge on any atom is -0.353 e. The minimum absolute atomic E-state index is 0.0662. The number of amides is 1. The number of nitrogens with one attached hydrogen (secondary N) is 1. The Balaban J connectivity index is 2.12. The third-order valence-corrected chi connectivity index (χ3v) is 6.04. The predicted octanol–water partition coefficient (Wildman–Crippen LogP) is 1.73. The van der Waals surface area contributed by atoms with Crippen molar-refractivity contribution < 1.29 is 13.2 Å². The molecule has 0 saturated carbocycles. The number of hydrogen-bond acceptors (Lipinski definition) is 4. The Morgan fingerprint density at radius 3 is 2.68 bits per heavy atom. The van der Waals surface area contributed by atoms with E-state index in [1.54, 1.807) is 30.3 Å². The number of carbonyl (C=O) groups is 1. The molecule has 1 fully saturated rings. The van der Waals surface area contributed by atoms with Crippen molar-refractivity contribution in [2.75, 3.05) is 13.1 Å². The fourth-order valence-electron chi connectivity index (χ4n) is 2.97. The van der Waals surface area contributed by atoms with Crippen molar-refractivity contribution in [3.8, 4) is 6.07 Å². The van der Waals surface area contributed by atoms with E-state index in [1.807, 2.05) is 19.1 Å². The van der Waals surface area contributed by atoms with Crippen LogP contribution in [0.5, 0.6) is 0 Å². The van der Waals surface area contributed by atoms with Crippen LogP contribution in [-0.4, -0.2) is 31.7 Å². The molecule has 1 saturated heterocycles. The summed E-state index contributed by atoms with van der Waals surface area (Å²) < 4.78 is 27.5. The standard InChI is InChI=1S/C18H17N3O3S/c1-13-5-4-7-14(11-13)17-18(22)20-9-10-21(17)25(23,24)16-8-3-2-6-15(16)12-19/h2-8,11,17H,9-10H2,1H3,(H,20,22). The smallest absolute Gasteiger partial charge is 0.245 e. The highest BCUT2D eigenvalue weighted by Crippen LogP contribution is 2.31. The molecule has 128 valence electrons. The first-order valence-electron chi connectivity index (χ1n) is 7.80. The highest BCUT2D eigenvalue weighted by atomic mass is 32.2. The van der Waals surface area contributed by atoms with Crippen LogP contribution in [0.3, 0.4) is 0 Å². The molecular formula is C18H17N3O3S. The van der Waals surface area contributed by atoms with E-state index in [4.69, 9.17) is 0 Å². The molecule has 7 heteroatoms. The van der Waals surface area contributed by atoms with Gasteiger partial charge < -0.3 is 5.32 Å². The Morgan fingerprint density at radius 2 is 1.96 bits per heavy atom. The predicted molar refractivity (Wildman–Crippen MR) is 92.0 cm³/mol. The molecule has 0 aliphatic carbocycles. The zero-order chi connectivity index (χ0) is 18.0. The first-order chi connectivity index (χ1) is 11.9. The van der Waals surface area contributed by atoms with E-state index in [9.17, 15) is 18.5 Å². The van der Waals surface area contributed by atoms with Gasteiger partial charge in [-0.15, -0.1) is 0 Å². The quantitative estimate of drug-likeness (QED) is 0.908. The van der Waals surface area contributed by atoms with E-state index in [0.29, 0.717) is 5.56 Å². The second-order valence-electron chi connectivity index (χ2n) is 5.83. The van der Waals surface area contributed by atoms with E-state index < -0.39 is 16.1 Å². The molecule has 3 rings (SSSR count). The molecule has 0 spiro atoms. The molecule has 0 aromatic heterocycles. The van der Waals surface area contributed by atoms with E-state index in [1.165, 1.54) is 16.4 Å². The molecule has 6 nitrogen and oxygen atoms in total. The van der Waals surface area contributed by atoms with Crippen LogP contribution in [0.2, 0.25) is 0 Å². The molecule has 0 bridgehead atoms. The van der Waals surface area contributed by atoms with Crippen LogP contribution in [0.15, 0.2) is 53.4 Å². The second kappa shape index (κ2) is 6.67. The van der Waals surface area contributed by atoms with Crippen LogP contribution in [0, 0.1) is 18.3 Å². The summed E-state index contributed by atoms with van der Waals surface area (Å²) in [5.74, 6) is -0.366. The summed E-state index contributed by atoms with van der Waals surface area (Å²) in [5.41, 5.74) is 1.61. The van der Waals surface area contributed by atoms with Crippen molar-refractivity contribution in [2.45, 2.75) is 17.9 Å². The molecule has 1 aliphatic heterocycles. The largest absolute Gasteiger partial charge is 0.353 e. The highest BCUT2D eigenvalue weighted by molar-refractivity contribution is 7.89. The fourth-order valence-corrected chi connectivity index (χ4v) is 4.69. The monoisotopic (exact) mass is 355 g/mol. The number of nitrogens with zero attached hydrogens (tertiary/aromatic N) is 2. The van der Waals surface area contributed by atoms with Gasteiger partial charge in [-0.3, -0.25) is 4.79 Å². The van der Waals surface area contributed by atoms with Gasteiger partial charge in [0.05, 0.1) is 10.5 Å². The maximum Gasteiger partial charge on any atom is 0.245 e. The van der Waals surface area contributed by atoms with E-state index in [0.717, 1.165) is 5.56 Å². The number of rotatable bonds is 3. The van der Waals surface area contributed by atoms with Gasteiger partial charge in [0.2, 0.25) is 15.9 Å². The van der Waals surface area contributed by atoms with E-state index in [2.05, 4.69) is 5.32 Å². The molecule has 0 radical (unpaired) electrons. The summed E-state index contributed by atoms with van der Waals surface area (Å²) in [6, 6.07) is 14.2. The first-order valence-corrected chi connectivity index (χ1v) is 9.24. The van der Waals surface area contributed by atoms with Crippen molar-refractivity contribution in [2.24, 2.45) is 0 Å². The second-order valence-corrected chi connectivity index (χ2v) is 7.69. The van der Waals surface area contributed by atoms with Gasteiger partial charge in [-0.1, -0.05) is 42.0 Å². The van der Waals surface area contributed by atoms with Gasteiger partial charge in [-0.2, -0.15) is 9.57 Å². The Bertz CT molecular complexity index is 964. The number of aryl methyl sites for hydroxylation is 1. The zero-order valence-electron chi connectivity index (χ0n) is 13.6. The average Bonchev–Trinajstić information content (AvgIpc) is 2.61.